The van der Waals surface area contributed by atoms with Crippen LogP contribution in [0.1, 0.15) is 16.8 Å². The lowest BCUT2D eigenvalue weighted by atomic mass is 10.1. The fourth-order valence-electron chi connectivity index (χ4n) is 2.98. The number of halogens is 1. The summed E-state index contributed by atoms with van der Waals surface area (Å²) in [6.07, 6.45) is 0.586. The van der Waals surface area contributed by atoms with Crippen molar-refractivity contribution in [2.75, 3.05) is 35.6 Å². The third kappa shape index (κ3) is 4.77. The maximum atomic E-state index is 12.6. The van der Waals surface area contributed by atoms with E-state index in [9.17, 15) is 18.0 Å². The summed E-state index contributed by atoms with van der Waals surface area (Å²) in [5.74, 6) is -0.736. The summed E-state index contributed by atoms with van der Waals surface area (Å²) < 4.78 is 35.8. The van der Waals surface area contributed by atoms with Gasteiger partial charge < -0.3 is 20.5 Å². The fourth-order valence-corrected chi connectivity index (χ4v) is 4.81. The number of carbonyl (C=O) groups excluding carboxylic acids is 2. The number of rotatable bonds is 7. The third-order valence-electron chi connectivity index (χ3n) is 4.36. The molecule has 0 aliphatic carbocycles. The van der Waals surface area contributed by atoms with Gasteiger partial charge in [-0.15, -0.1) is 0 Å². The minimum Gasteiger partial charge on any atom is -0.493 e. The first kappa shape index (κ1) is 21.7. The Morgan fingerprint density at radius 1 is 1.23 bits per heavy atom. The Hall–Kier alpha value is -2.98. The number of methoxy groups -OCH3 is 1. The van der Waals surface area contributed by atoms with Crippen molar-refractivity contribution in [3.05, 3.63) is 47.0 Å². The zero-order valence-electron chi connectivity index (χ0n) is 16.1. The number of ether oxygens (including phenoxy) is 2. The van der Waals surface area contributed by atoms with Gasteiger partial charge >= 0.3 is 0 Å². The molecule has 3 rings (SSSR count). The number of primary amides is 1. The Morgan fingerprint density at radius 2 is 1.93 bits per heavy atom. The molecule has 1 saturated heterocycles. The molecule has 0 aromatic heterocycles. The number of hydrogen-bond donors (Lipinski definition) is 2. The highest BCUT2D eigenvalue weighted by Gasteiger charge is 2.28. The van der Waals surface area contributed by atoms with Crippen LogP contribution in [0.25, 0.3) is 0 Å². The standard InChI is InChI=1S/C19H20ClN3O6S/c1-28-16-10-12(9-15(20)18(16)29-11-17(21)24)19(25)22-13-3-5-14(6-4-13)23-7-2-8-30(23,26)27/h3-6,9-10H,2,7-8,11H2,1H3,(H2,21,24)(H,22,25). The van der Waals surface area contributed by atoms with Gasteiger partial charge in [-0.25, -0.2) is 8.42 Å². The molecule has 1 fully saturated rings. The van der Waals surface area contributed by atoms with Crippen molar-refractivity contribution in [1.82, 2.24) is 0 Å². The van der Waals surface area contributed by atoms with Crippen LogP contribution in [0.2, 0.25) is 5.02 Å². The summed E-state index contributed by atoms with van der Waals surface area (Å²) in [6, 6.07) is 9.29. The predicted molar refractivity (Wildman–Crippen MR) is 113 cm³/mol. The van der Waals surface area contributed by atoms with Gasteiger partial charge in [-0.1, -0.05) is 11.6 Å². The number of anilines is 2. The van der Waals surface area contributed by atoms with Gasteiger partial charge in [0.05, 0.1) is 23.6 Å². The molecule has 1 heterocycles. The first-order valence-corrected chi connectivity index (χ1v) is 10.9. The van der Waals surface area contributed by atoms with Gasteiger partial charge in [0.25, 0.3) is 11.8 Å². The molecule has 30 heavy (non-hydrogen) atoms. The maximum absolute atomic E-state index is 12.6. The van der Waals surface area contributed by atoms with Crippen molar-refractivity contribution in [3.8, 4) is 11.5 Å². The SMILES string of the molecule is COc1cc(C(=O)Nc2ccc(N3CCCS3(=O)=O)cc2)cc(Cl)c1OCC(N)=O. The Morgan fingerprint density at radius 3 is 2.50 bits per heavy atom. The molecule has 0 atom stereocenters. The van der Waals surface area contributed by atoms with Crippen LogP contribution in [0.3, 0.4) is 0 Å². The van der Waals surface area contributed by atoms with Crippen molar-refractivity contribution in [2.45, 2.75) is 6.42 Å². The number of benzene rings is 2. The van der Waals surface area contributed by atoms with Crippen molar-refractivity contribution in [1.29, 1.82) is 0 Å². The smallest absolute Gasteiger partial charge is 0.255 e. The number of carbonyl (C=O) groups is 2. The predicted octanol–water partition coefficient (Wildman–Crippen LogP) is 2.00. The van der Waals surface area contributed by atoms with E-state index in [-0.39, 0.29) is 34.4 Å². The first-order chi connectivity index (χ1) is 14.2. The minimum atomic E-state index is -3.27. The highest BCUT2D eigenvalue weighted by molar-refractivity contribution is 7.93. The largest absolute Gasteiger partial charge is 0.493 e. The molecule has 2 aromatic carbocycles. The number of nitrogens with one attached hydrogen (secondary N) is 1. The summed E-state index contributed by atoms with van der Waals surface area (Å²) >= 11 is 6.16. The highest BCUT2D eigenvalue weighted by Crippen LogP contribution is 2.36. The van der Waals surface area contributed by atoms with E-state index in [2.05, 4.69) is 5.32 Å². The lowest BCUT2D eigenvalue weighted by molar-refractivity contribution is -0.119. The molecule has 0 unspecified atom stereocenters. The highest BCUT2D eigenvalue weighted by atomic mass is 35.5. The van der Waals surface area contributed by atoms with Crippen LogP contribution in [0.15, 0.2) is 36.4 Å². The summed E-state index contributed by atoms with van der Waals surface area (Å²) in [4.78, 5) is 23.5. The van der Waals surface area contributed by atoms with Gasteiger partial charge in [0.2, 0.25) is 10.0 Å². The summed E-state index contributed by atoms with van der Waals surface area (Å²) in [5, 5.41) is 2.79. The van der Waals surface area contributed by atoms with Crippen LogP contribution in [0, 0.1) is 0 Å². The lowest BCUT2D eigenvalue weighted by Gasteiger charge is -2.17. The fraction of sp³-hybridized carbons (Fsp3) is 0.263. The van der Waals surface area contributed by atoms with Crippen LogP contribution in [-0.4, -0.2) is 46.2 Å². The van der Waals surface area contributed by atoms with Gasteiger partial charge in [0.1, 0.15) is 0 Å². The molecular formula is C19H20ClN3O6S. The van der Waals surface area contributed by atoms with Crippen LogP contribution < -0.4 is 24.8 Å². The van der Waals surface area contributed by atoms with Crippen molar-refractivity contribution < 1.29 is 27.5 Å². The molecule has 11 heteroatoms. The number of sulfonamides is 1. The molecule has 0 radical (unpaired) electrons. The molecular weight excluding hydrogens is 434 g/mol. The topological polar surface area (TPSA) is 128 Å². The zero-order valence-corrected chi connectivity index (χ0v) is 17.6. The second-order valence-corrected chi connectivity index (χ2v) is 8.91. The number of nitrogens with two attached hydrogens (primary N) is 1. The summed E-state index contributed by atoms with van der Waals surface area (Å²) in [6.45, 7) is 0.0528. The Labute approximate surface area is 178 Å². The van der Waals surface area contributed by atoms with Crippen LogP contribution in [0.4, 0.5) is 11.4 Å². The molecule has 0 spiro atoms. The number of nitrogens with zero attached hydrogens (tertiary/aromatic N) is 1. The first-order valence-electron chi connectivity index (χ1n) is 8.92. The van der Waals surface area contributed by atoms with Crippen molar-refractivity contribution in [2.24, 2.45) is 5.73 Å². The van der Waals surface area contributed by atoms with Gasteiger partial charge in [-0.2, -0.15) is 0 Å². The molecule has 9 nitrogen and oxygen atoms in total. The minimum absolute atomic E-state index is 0.0790. The van der Waals surface area contributed by atoms with Gasteiger partial charge in [-0.05, 0) is 42.8 Å². The number of hydrogen-bond acceptors (Lipinski definition) is 6. The molecule has 0 saturated carbocycles. The molecule has 2 aromatic rings. The Balaban J connectivity index is 1.75. The van der Waals surface area contributed by atoms with E-state index in [4.69, 9.17) is 26.8 Å². The average molecular weight is 454 g/mol. The molecule has 3 N–H and O–H groups in total. The molecule has 1 aliphatic heterocycles. The zero-order chi connectivity index (χ0) is 21.9. The van der Waals surface area contributed by atoms with Crippen LogP contribution in [-0.2, 0) is 14.8 Å². The Kier molecular flexibility index (Phi) is 6.37. The third-order valence-corrected chi connectivity index (χ3v) is 6.51. The van der Waals surface area contributed by atoms with Crippen LogP contribution in [0.5, 0.6) is 11.5 Å². The summed E-state index contributed by atoms with van der Waals surface area (Å²) in [7, 11) is -1.90. The van der Waals surface area contributed by atoms with Crippen LogP contribution >= 0.6 is 11.6 Å². The second kappa shape index (κ2) is 8.80. The van der Waals surface area contributed by atoms with Crippen molar-refractivity contribution >= 4 is 44.8 Å². The van der Waals surface area contributed by atoms with E-state index < -0.39 is 21.8 Å². The van der Waals surface area contributed by atoms with E-state index in [0.717, 1.165) is 0 Å². The average Bonchev–Trinajstić information content (AvgIpc) is 3.05. The normalized spacial score (nSPS) is 14.9. The molecule has 2 amide bonds. The van der Waals surface area contributed by atoms with Gasteiger partial charge in [0, 0.05) is 17.8 Å². The monoisotopic (exact) mass is 453 g/mol. The number of amides is 2. The van der Waals surface area contributed by atoms with Crippen molar-refractivity contribution in [3.63, 3.8) is 0 Å². The van der Waals surface area contributed by atoms with E-state index in [1.165, 1.54) is 23.5 Å². The molecule has 1 aliphatic rings. The van der Waals surface area contributed by atoms with E-state index in [1.54, 1.807) is 24.3 Å². The maximum Gasteiger partial charge on any atom is 0.255 e. The van der Waals surface area contributed by atoms with E-state index in [0.29, 0.717) is 24.3 Å². The molecule has 160 valence electrons. The van der Waals surface area contributed by atoms with E-state index in [1.807, 2.05) is 0 Å². The lowest BCUT2D eigenvalue weighted by Crippen LogP contribution is -2.25. The van der Waals surface area contributed by atoms with Gasteiger partial charge in [0.15, 0.2) is 18.1 Å². The second-order valence-electron chi connectivity index (χ2n) is 6.49. The molecule has 0 bridgehead atoms. The summed E-state index contributed by atoms with van der Waals surface area (Å²) in [5.41, 5.74) is 6.29. The van der Waals surface area contributed by atoms with Gasteiger partial charge in [-0.3, -0.25) is 13.9 Å². The van der Waals surface area contributed by atoms with E-state index >= 15 is 0 Å². The quantitative estimate of drug-likeness (QED) is 0.659. The Bertz CT molecular complexity index is 1070.